The summed E-state index contributed by atoms with van der Waals surface area (Å²) in [7, 11) is 1.88. The Morgan fingerprint density at radius 1 is 1.16 bits per heavy atom. The number of anilines is 1. The number of rotatable bonds is 9. The molecule has 0 unspecified atom stereocenters. The summed E-state index contributed by atoms with van der Waals surface area (Å²) in [6, 6.07) is 5.65. The van der Waals surface area contributed by atoms with Crippen LogP contribution in [0.15, 0.2) is 35.5 Å². The van der Waals surface area contributed by atoms with Crippen LogP contribution in [0.2, 0.25) is 0 Å². The Bertz CT molecular complexity index is 1330. The Balaban J connectivity index is 1.27. The smallest absolute Gasteiger partial charge is 0.265 e. The number of nitrogens with one attached hydrogen (secondary N) is 1. The molecule has 3 fully saturated rings. The van der Waals surface area contributed by atoms with E-state index in [1.54, 1.807) is 9.36 Å². The third kappa shape index (κ3) is 5.15. The molecule has 3 aromatic rings. The van der Waals surface area contributed by atoms with Crippen molar-refractivity contribution in [2.75, 3.05) is 11.4 Å². The topological polar surface area (TPSA) is 90.1 Å². The number of aromatic nitrogens is 5. The summed E-state index contributed by atoms with van der Waals surface area (Å²) >= 11 is 1.28. The Labute approximate surface area is 228 Å². The number of ether oxygens (including phenoxy) is 1. The van der Waals surface area contributed by atoms with Crippen molar-refractivity contribution in [3.63, 3.8) is 0 Å². The van der Waals surface area contributed by atoms with Crippen LogP contribution in [0.4, 0.5) is 5.82 Å². The van der Waals surface area contributed by atoms with Gasteiger partial charge in [-0.2, -0.15) is 5.10 Å². The second kappa shape index (κ2) is 9.63. The number of hydrogen-bond donors (Lipinski definition) is 1. The van der Waals surface area contributed by atoms with Crippen LogP contribution in [-0.4, -0.2) is 48.6 Å². The predicted octanol–water partition coefficient (Wildman–Crippen LogP) is 4.94. The molecule has 2 saturated carbocycles. The summed E-state index contributed by atoms with van der Waals surface area (Å²) in [6.07, 6.45) is 10.2. The standard InChI is InChI=1S/C28H37N7O2S/c1-17-14-28(3,4)34(15-17)26-21(27(36)32-38-22-16-33(5)30-18(22)2)10-11-23(29-26)35-13-12-24(31-35)37-25(19-6-7-19)20-8-9-20/h10-13,16-17,19-20,25H,6-9,14-15H2,1-5H3,(H,32,36)/t17-/m0/s1. The van der Waals surface area contributed by atoms with Crippen molar-refractivity contribution in [1.82, 2.24) is 29.3 Å². The van der Waals surface area contributed by atoms with Crippen LogP contribution >= 0.6 is 11.9 Å². The Hall–Kier alpha value is -3.01. The lowest BCUT2D eigenvalue weighted by molar-refractivity contribution is 0.0984. The zero-order chi connectivity index (χ0) is 26.6. The van der Waals surface area contributed by atoms with Crippen LogP contribution in [0.3, 0.4) is 0 Å². The number of nitrogens with zero attached hydrogens (tertiary/aromatic N) is 6. The number of carbonyl (C=O) groups excluding carboxylic acids is 1. The first-order valence-electron chi connectivity index (χ1n) is 13.7. The summed E-state index contributed by atoms with van der Waals surface area (Å²) in [5.41, 5.74) is 1.31. The maximum absolute atomic E-state index is 13.5. The van der Waals surface area contributed by atoms with Gasteiger partial charge in [0.25, 0.3) is 5.91 Å². The van der Waals surface area contributed by atoms with E-state index in [4.69, 9.17) is 14.8 Å². The quantitative estimate of drug-likeness (QED) is 0.388. The van der Waals surface area contributed by atoms with E-state index < -0.39 is 0 Å². The number of aryl methyl sites for hydroxylation is 2. The second-order valence-corrected chi connectivity index (χ2v) is 12.8. The maximum Gasteiger partial charge on any atom is 0.265 e. The molecule has 10 heteroatoms. The first-order valence-corrected chi connectivity index (χ1v) is 14.5. The molecule has 3 aliphatic rings. The van der Waals surface area contributed by atoms with Crippen molar-refractivity contribution in [2.45, 2.75) is 76.3 Å². The molecule has 1 aliphatic heterocycles. The Morgan fingerprint density at radius 3 is 2.50 bits per heavy atom. The van der Waals surface area contributed by atoms with Gasteiger partial charge in [-0.1, -0.05) is 6.92 Å². The summed E-state index contributed by atoms with van der Waals surface area (Å²) in [5.74, 6) is 3.70. The third-order valence-electron chi connectivity index (χ3n) is 7.89. The highest BCUT2D eigenvalue weighted by atomic mass is 32.2. The molecular weight excluding hydrogens is 498 g/mol. The van der Waals surface area contributed by atoms with E-state index in [2.05, 4.69) is 35.5 Å². The van der Waals surface area contributed by atoms with Gasteiger partial charge in [0, 0.05) is 37.6 Å². The van der Waals surface area contributed by atoms with Crippen LogP contribution in [0.25, 0.3) is 5.82 Å². The number of carbonyl (C=O) groups is 1. The van der Waals surface area contributed by atoms with Crippen molar-refractivity contribution in [3.05, 3.63) is 41.9 Å². The molecular formula is C28H37N7O2S. The molecule has 9 nitrogen and oxygen atoms in total. The third-order valence-corrected chi connectivity index (χ3v) is 8.79. The molecule has 0 bridgehead atoms. The van der Waals surface area contributed by atoms with Gasteiger partial charge in [0.15, 0.2) is 5.82 Å². The lowest BCUT2D eigenvalue weighted by atomic mass is 9.97. The van der Waals surface area contributed by atoms with Crippen LogP contribution in [0, 0.1) is 24.7 Å². The Morgan fingerprint density at radius 2 is 1.89 bits per heavy atom. The fourth-order valence-electron chi connectivity index (χ4n) is 5.81. The average Bonchev–Trinajstić information content (AvgIpc) is 3.79. The molecule has 0 aromatic carbocycles. The fourth-order valence-corrected chi connectivity index (χ4v) is 6.51. The summed E-state index contributed by atoms with van der Waals surface area (Å²) < 4.78 is 12.9. The molecule has 202 valence electrons. The van der Waals surface area contributed by atoms with Gasteiger partial charge < -0.3 is 9.64 Å². The zero-order valence-electron chi connectivity index (χ0n) is 22.8. The van der Waals surface area contributed by atoms with Gasteiger partial charge in [0.05, 0.1) is 16.2 Å². The van der Waals surface area contributed by atoms with Gasteiger partial charge in [-0.15, -0.1) is 5.10 Å². The Kier molecular flexibility index (Phi) is 6.40. The first kappa shape index (κ1) is 25.3. The van der Waals surface area contributed by atoms with E-state index in [1.165, 1.54) is 37.6 Å². The van der Waals surface area contributed by atoms with Gasteiger partial charge in [-0.25, -0.2) is 9.67 Å². The van der Waals surface area contributed by atoms with Crippen molar-refractivity contribution in [3.8, 4) is 11.7 Å². The highest BCUT2D eigenvalue weighted by molar-refractivity contribution is 7.98. The van der Waals surface area contributed by atoms with E-state index in [0.717, 1.165) is 23.6 Å². The number of amides is 1. The molecule has 1 amide bonds. The van der Waals surface area contributed by atoms with Gasteiger partial charge in [0.1, 0.15) is 11.9 Å². The molecule has 1 saturated heterocycles. The summed E-state index contributed by atoms with van der Waals surface area (Å²) in [6.45, 7) is 9.46. The van der Waals surface area contributed by atoms with Gasteiger partial charge in [0.2, 0.25) is 5.88 Å². The van der Waals surface area contributed by atoms with Gasteiger partial charge in [-0.3, -0.25) is 14.2 Å². The summed E-state index contributed by atoms with van der Waals surface area (Å²) in [4.78, 5) is 21.7. The minimum absolute atomic E-state index is 0.118. The van der Waals surface area contributed by atoms with Crippen LogP contribution in [0.1, 0.15) is 68.9 Å². The van der Waals surface area contributed by atoms with Gasteiger partial charge in [-0.05, 0) is 94.7 Å². The average molecular weight is 536 g/mol. The minimum Gasteiger partial charge on any atom is -0.473 e. The highest BCUT2D eigenvalue weighted by Crippen LogP contribution is 2.46. The molecule has 6 rings (SSSR count). The molecule has 3 aromatic heterocycles. The highest BCUT2D eigenvalue weighted by Gasteiger charge is 2.43. The summed E-state index contributed by atoms with van der Waals surface area (Å²) in [5, 5.41) is 9.09. The molecule has 0 spiro atoms. The van der Waals surface area contributed by atoms with Crippen LogP contribution < -0.4 is 14.4 Å². The largest absolute Gasteiger partial charge is 0.473 e. The van der Waals surface area contributed by atoms with E-state index in [9.17, 15) is 4.79 Å². The molecule has 4 heterocycles. The number of hydrogen-bond acceptors (Lipinski definition) is 7. The monoisotopic (exact) mass is 535 g/mol. The van der Waals surface area contributed by atoms with E-state index in [0.29, 0.717) is 46.9 Å². The van der Waals surface area contributed by atoms with Crippen LogP contribution in [0.5, 0.6) is 5.88 Å². The van der Waals surface area contributed by atoms with E-state index in [-0.39, 0.29) is 11.4 Å². The number of pyridine rings is 1. The normalized spacial score (nSPS) is 20.8. The van der Waals surface area contributed by atoms with Crippen molar-refractivity contribution in [1.29, 1.82) is 0 Å². The maximum atomic E-state index is 13.5. The van der Waals surface area contributed by atoms with E-state index >= 15 is 0 Å². The van der Waals surface area contributed by atoms with Crippen molar-refractivity contribution in [2.24, 2.45) is 24.8 Å². The molecule has 38 heavy (non-hydrogen) atoms. The van der Waals surface area contributed by atoms with Gasteiger partial charge >= 0.3 is 0 Å². The minimum atomic E-state index is -0.177. The molecule has 1 N–H and O–H groups in total. The fraction of sp³-hybridized carbons (Fsp3) is 0.571. The zero-order valence-corrected chi connectivity index (χ0v) is 23.7. The molecule has 1 atom stereocenters. The first-order chi connectivity index (χ1) is 18.2. The van der Waals surface area contributed by atoms with Crippen molar-refractivity contribution < 1.29 is 9.53 Å². The van der Waals surface area contributed by atoms with Crippen molar-refractivity contribution >= 4 is 23.7 Å². The molecule has 0 radical (unpaired) electrons. The SMILES string of the molecule is Cc1nn(C)cc1SNC(=O)c1ccc(-n2ccc(OC(C3CC3)C3CC3)n2)nc1N1C[C@@H](C)CC1(C)C. The molecule has 2 aliphatic carbocycles. The van der Waals surface area contributed by atoms with Crippen LogP contribution in [-0.2, 0) is 7.05 Å². The predicted molar refractivity (Wildman–Crippen MR) is 148 cm³/mol. The second-order valence-electron chi connectivity index (χ2n) is 11.9. The lowest BCUT2D eigenvalue weighted by Crippen LogP contribution is -2.40. The van der Waals surface area contributed by atoms with E-state index in [1.807, 2.05) is 44.6 Å². The lowest BCUT2D eigenvalue weighted by Gasteiger charge is -2.34.